The number of aromatic nitrogens is 4. The predicted molar refractivity (Wildman–Crippen MR) is 175 cm³/mol. The molecule has 0 amide bonds. The molecule has 2 heterocycles. The van der Waals surface area contributed by atoms with Gasteiger partial charge in [-0.15, -0.1) is 0 Å². The summed E-state index contributed by atoms with van der Waals surface area (Å²) in [4.78, 5) is 15.0. The lowest BCUT2D eigenvalue weighted by molar-refractivity contribution is 0.955. The molecular weight excluding hydrogens is 512 g/mol. The van der Waals surface area contributed by atoms with Crippen molar-refractivity contribution in [1.29, 1.82) is 0 Å². The second kappa shape index (κ2) is 11.1. The van der Waals surface area contributed by atoms with Gasteiger partial charge in [-0.05, 0) is 54.7 Å². The quantitative estimate of drug-likeness (QED) is 0.149. The van der Waals surface area contributed by atoms with E-state index in [1.807, 2.05) is 24.3 Å². The Morgan fingerprint density at radius 2 is 1.38 bits per heavy atom. The van der Waals surface area contributed by atoms with Gasteiger partial charge in [0.2, 0.25) is 0 Å². The fourth-order valence-corrected chi connectivity index (χ4v) is 6.05. The number of fused-ring (bicyclic) bond motifs is 4. The van der Waals surface area contributed by atoms with E-state index in [1.54, 1.807) is 0 Å². The minimum absolute atomic E-state index is 0.661. The molecule has 0 radical (unpaired) electrons. The Kier molecular flexibility index (Phi) is 6.81. The van der Waals surface area contributed by atoms with Gasteiger partial charge in [0.05, 0.1) is 16.7 Å². The molecule has 2 aromatic heterocycles. The molecule has 0 N–H and O–H groups in total. The van der Waals surface area contributed by atoms with Crippen LogP contribution in [0.4, 0.5) is 0 Å². The first-order valence-electron chi connectivity index (χ1n) is 14.7. The van der Waals surface area contributed by atoms with E-state index in [-0.39, 0.29) is 0 Å². The third-order valence-corrected chi connectivity index (χ3v) is 8.08. The lowest BCUT2D eigenvalue weighted by Gasteiger charge is -2.21. The molecule has 204 valence electrons. The van der Waals surface area contributed by atoms with E-state index in [9.17, 15) is 0 Å². The van der Waals surface area contributed by atoms with Crippen LogP contribution in [0, 0.1) is 0 Å². The monoisotopic (exact) mass is 544 g/mol. The maximum atomic E-state index is 5.06. The van der Waals surface area contributed by atoms with Crippen LogP contribution in [0.25, 0.3) is 55.8 Å². The largest absolute Gasteiger partial charge is 0.309 e. The van der Waals surface area contributed by atoms with Gasteiger partial charge in [0, 0.05) is 27.5 Å². The smallest absolute Gasteiger partial charge is 0.164 e. The summed E-state index contributed by atoms with van der Waals surface area (Å²) >= 11 is 0. The highest BCUT2D eigenvalue weighted by molar-refractivity contribution is 6.09. The summed E-state index contributed by atoms with van der Waals surface area (Å²) in [7, 11) is 0. The van der Waals surface area contributed by atoms with Gasteiger partial charge in [0.1, 0.15) is 0 Å². The Morgan fingerprint density at radius 1 is 0.738 bits per heavy atom. The first-order valence-corrected chi connectivity index (χ1v) is 14.7. The van der Waals surface area contributed by atoms with Crippen LogP contribution in [0.15, 0.2) is 122 Å². The Morgan fingerprint density at radius 3 is 2.07 bits per heavy atom. The molecule has 0 fully saturated rings. The van der Waals surface area contributed by atoms with Gasteiger partial charge < -0.3 is 4.57 Å². The van der Waals surface area contributed by atoms with Gasteiger partial charge in [-0.1, -0.05) is 111 Å². The van der Waals surface area contributed by atoms with Crippen LogP contribution in [0.5, 0.6) is 0 Å². The van der Waals surface area contributed by atoms with Gasteiger partial charge in [0.25, 0.3) is 0 Å². The number of unbranched alkanes of at least 4 members (excludes halogenated alkanes) is 1. The number of para-hydroxylation sites is 2. The lowest BCUT2D eigenvalue weighted by atomic mass is 9.90. The standard InChI is InChI=1S/C38H32N4/c1-3-5-15-26(4-2)36-39-37(27-16-7-6-8-17-27)41-38(40-36)32-24-25-35(29-19-10-9-18-28(29)32)42-33-22-13-11-20-30(33)31-21-12-14-23-34(31)42/h4,6-17,20-25H,2-3,5,18-19H2,1H3/b26-15+. The van der Waals surface area contributed by atoms with Gasteiger partial charge in [0.15, 0.2) is 17.5 Å². The molecule has 4 nitrogen and oxygen atoms in total. The molecule has 0 atom stereocenters. The van der Waals surface area contributed by atoms with Crippen molar-refractivity contribution in [3.63, 3.8) is 0 Å². The first-order chi connectivity index (χ1) is 20.8. The zero-order chi connectivity index (χ0) is 28.5. The van der Waals surface area contributed by atoms with Crippen molar-refractivity contribution >= 4 is 27.4 Å². The fraction of sp³-hybridized carbons (Fsp3) is 0.132. The molecule has 7 rings (SSSR count). The van der Waals surface area contributed by atoms with E-state index in [1.165, 1.54) is 38.6 Å². The van der Waals surface area contributed by atoms with Crippen molar-refractivity contribution in [3.8, 4) is 28.5 Å². The second-order valence-electron chi connectivity index (χ2n) is 10.7. The Balaban J connectivity index is 1.46. The molecule has 0 saturated heterocycles. The highest BCUT2D eigenvalue weighted by Crippen LogP contribution is 2.38. The summed E-state index contributed by atoms with van der Waals surface area (Å²) in [5.74, 6) is 2.03. The zero-order valence-corrected chi connectivity index (χ0v) is 23.8. The number of rotatable bonds is 7. The minimum atomic E-state index is 0.661. The average molecular weight is 545 g/mol. The minimum Gasteiger partial charge on any atom is -0.309 e. The maximum absolute atomic E-state index is 5.06. The Hall–Kier alpha value is -5.09. The van der Waals surface area contributed by atoms with E-state index in [0.717, 1.165) is 42.4 Å². The molecule has 42 heavy (non-hydrogen) atoms. The van der Waals surface area contributed by atoms with Crippen molar-refractivity contribution in [2.75, 3.05) is 0 Å². The van der Waals surface area contributed by atoms with Crippen molar-refractivity contribution in [2.45, 2.75) is 32.6 Å². The van der Waals surface area contributed by atoms with Gasteiger partial charge in [-0.2, -0.15) is 0 Å². The third kappa shape index (κ3) is 4.46. The normalized spacial score (nSPS) is 13.0. The molecule has 6 aromatic rings. The maximum Gasteiger partial charge on any atom is 0.164 e. The molecule has 4 heteroatoms. The SMILES string of the molecule is C=C/C(=C\CCC)c1nc(-c2ccccc2)nc(-c2ccc(-n3c4ccccc4c4ccccc43)c3c2CC=CC3)n1. The lowest BCUT2D eigenvalue weighted by Crippen LogP contribution is -2.09. The van der Waals surface area contributed by atoms with Crippen LogP contribution in [-0.4, -0.2) is 19.5 Å². The number of nitrogens with zero attached hydrogens (tertiary/aromatic N) is 4. The molecule has 0 bridgehead atoms. The van der Waals surface area contributed by atoms with Crippen LogP contribution < -0.4 is 0 Å². The van der Waals surface area contributed by atoms with E-state index in [0.29, 0.717) is 17.5 Å². The van der Waals surface area contributed by atoms with E-state index in [4.69, 9.17) is 15.0 Å². The fourth-order valence-electron chi connectivity index (χ4n) is 6.05. The highest BCUT2D eigenvalue weighted by Gasteiger charge is 2.22. The molecule has 1 aliphatic rings. The van der Waals surface area contributed by atoms with E-state index < -0.39 is 0 Å². The third-order valence-electron chi connectivity index (χ3n) is 8.08. The number of hydrogen-bond donors (Lipinski definition) is 0. The highest BCUT2D eigenvalue weighted by atomic mass is 15.0. The van der Waals surface area contributed by atoms with Crippen LogP contribution in [-0.2, 0) is 12.8 Å². The van der Waals surface area contributed by atoms with Crippen molar-refractivity contribution in [3.05, 3.63) is 139 Å². The van der Waals surface area contributed by atoms with Crippen molar-refractivity contribution in [2.24, 2.45) is 0 Å². The molecule has 0 unspecified atom stereocenters. The van der Waals surface area contributed by atoms with Crippen LogP contribution in [0.3, 0.4) is 0 Å². The van der Waals surface area contributed by atoms with Gasteiger partial charge in [-0.3, -0.25) is 0 Å². The van der Waals surface area contributed by atoms with E-state index in [2.05, 4.69) is 109 Å². The summed E-state index contributed by atoms with van der Waals surface area (Å²) < 4.78 is 2.42. The van der Waals surface area contributed by atoms with Crippen LogP contribution >= 0.6 is 0 Å². The summed E-state index contributed by atoms with van der Waals surface area (Å²) in [6.07, 6.45) is 12.2. The summed E-state index contributed by atoms with van der Waals surface area (Å²) in [6, 6.07) is 32.0. The summed E-state index contributed by atoms with van der Waals surface area (Å²) in [5.41, 5.74) is 9.19. The second-order valence-corrected chi connectivity index (χ2v) is 10.7. The first kappa shape index (κ1) is 25.8. The Labute approximate surface area is 246 Å². The van der Waals surface area contributed by atoms with Crippen molar-refractivity contribution < 1.29 is 0 Å². The van der Waals surface area contributed by atoms with Crippen LogP contribution in [0.2, 0.25) is 0 Å². The molecule has 4 aromatic carbocycles. The van der Waals surface area contributed by atoms with Gasteiger partial charge in [-0.25, -0.2) is 15.0 Å². The Bertz CT molecular complexity index is 1960. The average Bonchev–Trinajstić information content (AvgIpc) is 3.39. The summed E-state index contributed by atoms with van der Waals surface area (Å²) in [6.45, 7) is 6.25. The molecule has 0 aliphatic heterocycles. The predicted octanol–water partition coefficient (Wildman–Crippen LogP) is 9.33. The topological polar surface area (TPSA) is 43.6 Å². The number of hydrogen-bond acceptors (Lipinski definition) is 3. The summed E-state index contributed by atoms with van der Waals surface area (Å²) in [5, 5.41) is 2.53. The van der Waals surface area contributed by atoms with E-state index >= 15 is 0 Å². The van der Waals surface area contributed by atoms with Gasteiger partial charge >= 0.3 is 0 Å². The molecular formula is C38H32N4. The number of benzene rings is 4. The molecule has 0 spiro atoms. The number of allylic oxidation sites excluding steroid dienone is 5. The van der Waals surface area contributed by atoms with Crippen LogP contribution in [0.1, 0.15) is 36.7 Å². The molecule has 1 aliphatic carbocycles. The van der Waals surface area contributed by atoms with Crippen molar-refractivity contribution in [1.82, 2.24) is 19.5 Å². The molecule has 0 saturated carbocycles. The zero-order valence-electron chi connectivity index (χ0n) is 23.8.